The van der Waals surface area contributed by atoms with Gasteiger partial charge in [0, 0.05) is 49.2 Å². The van der Waals surface area contributed by atoms with Gasteiger partial charge in [-0.15, -0.1) is 0 Å². The zero-order valence-electron chi connectivity index (χ0n) is 16.5. The van der Waals surface area contributed by atoms with E-state index in [1.807, 2.05) is 18.2 Å². The lowest BCUT2D eigenvalue weighted by Crippen LogP contribution is -2.45. The standard InChI is InChI=1S/C21H30N4O2/c1-15-8-6-9-16(2)25(15)13-7-12-22-21(27)23-19-14-24(3)20(26)18-11-5-4-10-17(18)19/h4-5,10-11,14-16H,6-9,12-13H2,1-3H3,(H2,22,23,27)/t15-,16-/m0/s1. The van der Waals surface area contributed by atoms with E-state index in [4.69, 9.17) is 0 Å². The Hall–Kier alpha value is -2.34. The molecule has 1 aliphatic rings. The Kier molecular flexibility index (Phi) is 6.16. The number of carbonyl (C=O) groups excluding carboxylic acids is 1. The number of likely N-dealkylation sites (tertiary alicyclic amines) is 1. The summed E-state index contributed by atoms with van der Waals surface area (Å²) >= 11 is 0. The van der Waals surface area contributed by atoms with E-state index in [1.165, 1.54) is 23.8 Å². The van der Waals surface area contributed by atoms with Crippen molar-refractivity contribution in [3.63, 3.8) is 0 Å². The number of nitrogens with one attached hydrogen (secondary N) is 2. The maximum absolute atomic E-state index is 12.3. The highest BCUT2D eigenvalue weighted by atomic mass is 16.2. The molecule has 1 aromatic heterocycles. The highest BCUT2D eigenvalue weighted by molar-refractivity contribution is 6.00. The molecule has 6 heteroatoms. The van der Waals surface area contributed by atoms with Crippen LogP contribution in [0.2, 0.25) is 0 Å². The molecule has 0 bridgehead atoms. The maximum Gasteiger partial charge on any atom is 0.319 e. The molecule has 1 fully saturated rings. The van der Waals surface area contributed by atoms with Crippen LogP contribution in [-0.2, 0) is 7.05 Å². The Bertz CT molecular complexity index is 851. The normalized spacial score (nSPS) is 20.6. The van der Waals surface area contributed by atoms with Gasteiger partial charge >= 0.3 is 6.03 Å². The Morgan fingerprint density at radius 3 is 2.52 bits per heavy atom. The summed E-state index contributed by atoms with van der Waals surface area (Å²) in [6, 6.07) is 8.34. The molecule has 27 heavy (non-hydrogen) atoms. The topological polar surface area (TPSA) is 66.4 Å². The van der Waals surface area contributed by atoms with E-state index in [2.05, 4.69) is 29.4 Å². The molecule has 0 unspecified atom stereocenters. The molecule has 0 spiro atoms. The van der Waals surface area contributed by atoms with Crippen LogP contribution in [0.4, 0.5) is 10.5 Å². The van der Waals surface area contributed by atoms with Crippen LogP contribution in [0.3, 0.4) is 0 Å². The minimum atomic E-state index is -0.237. The molecule has 0 radical (unpaired) electrons. The second-order valence-electron chi connectivity index (χ2n) is 7.61. The molecule has 2 aromatic rings. The Morgan fingerprint density at radius 1 is 1.15 bits per heavy atom. The van der Waals surface area contributed by atoms with Gasteiger partial charge in [0.05, 0.1) is 5.69 Å². The largest absolute Gasteiger partial charge is 0.338 e. The summed E-state index contributed by atoms with van der Waals surface area (Å²) in [5.74, 6) is 0. The summed E-state index contributed by atoms with van der Waals surface area (Å²) in [5, 5.41) is 7.18. The number of hydrogen-bond donors (Lipinski definition) is 2. The molecule has 1 saturated heterocycles. The minimum absolute atomic E-state index is 0.0682. The fourth-order valence-corrected chi connectivity index (χ4v) is 4.06. The van der Waals surface area contributed by atoms with Crippen LogP contribution in [0.5, 0.6) is 0 Å². The molecule has 6 nitrogen and oxygen atoms in total. The number of fused-ring (bicyclic) bond motifs is 1. The number of hydrogen-bond acceptors (Lipinski definition) is 3. The quantitative estimate of drug-likeness (QED) is 0.794. The molecule has 3 rings (SSSR count). The number of aromatic nitrogens is 1. The lowest BCUT2D eigenvalue weighted by molar-refractivity contribution is 0.102. The first kappa shape index (κ1) is 19.4. The molecule has 146 valence electrons. The van der Waals surface area contributed by atoms with Gasteiger partial charge in [-0.3, -0.25) is 9.69 Å². The van der Waals surface area contributed by atoms with Crippen LogP contribution in [0.15, 0.2) is 35.3 Å². The van der Waals surface area contributed by atoms with Crippen molar-refractivity contribution in [3.8, 4) is 0 Å². The summed E-state index contributed by atoms with van der Waals surface area (Å²) in [6.45, 7) is 6.22. The fourth-order valence-electron chi connectivity index (χ4n) is 4.06. The lowest BCUT2D eigenvalue weighted by atomic mass is 9.97. The van der Waals surface area contributed by atoms with Gasteiger partial charge in [-0.05, 0) is 39.2 Å². The predicted molar refractivity (Wildman–Crippen MR) is 110 cm³/mol. The third-order valence-electron chi connectivity index (χ3n) is 5.59. The molecule has 2 N–H and O–H groups in total. The number of aryl methyl sites for hydroxylation is 1. The molecule has 2 heterocycles. The van der Waals surface area contributed by atoms with E-state index in [9.17, 15) is 9.59 Å². The van der Waals surface area contributed by atoms with Crippen LogP contribution in [0.1, 0.15) is 39.5 Å². The van der Waals surface area contributed by atoms with E-state index in [0.29, 0.717) is 29.7 Å². The monoisotopic (exact) mass is 370 g/mol. The SMILES string of the molecule is C[C@H]1CCC[C@H](C)N1CCCNC(=O)Nc1cn(C)c(=O)c2ccccc12. The summed E-state index contributed by atoms with van der Waals surface area (Å²) in [7, 11) is 1.69. The van der Waals surface area contributed by atoms with Crippen LogP contribution < -0.4 is 16.2 Å². The van der Waals surface area contributed by atoms with E-state index in [0.717, 1.165) is 18.4 Å². The van der Waals surface area contributed by atoms with Crippen molar-refractivity contribution in [2.45, 2.75) is 51.6 Å². The van der Waals surface area contributed by atoms with Crippen LogP contribution in [-0.4, -0.2) is 40.7 Å². The van der Waals surface area contributed by atoms with Crippen LogP contribution in [0, 0.1) is 0 Å². The summed E-state index contributed by atoms with van der Waals surface area (Å²) < 4.78 is 1.50. The Balaban J connectivity index is 1.55. The number of pyridine rings is 1. The molecule has 0 aliphatic carbocycles. The number of rotatable bonds is 5. The summed E-state index contributed by atoms with van der Waals surface area (Å²) in [6.07, 6.45) is 6.43. The second kappa shape index (κ2) is 8.57. The van der Waals surface area contributed by atoms with E-state index < -0.39 is 0 Å². The van der Waals surface area contributed by atoms with Crippen molar-refractivity contribution >= 4 is 22.5 Å². The molecular weight excluding hydrogens is 340 g/mol. The average Bonchev–Trinajstić information content (AvgIpc) is 2.65. The maximum atomic E-state index is 12.3. The number of urea groups is 1. The van der Waals surface area contributed by atoms with Gasteiger partial charge in [0.15, 0.2) is 0 Å². The lowest BCUT2D eigenvalue weighted by Gasteiger charge is -2.39. The number of anilines is 1. The number of nitrogens with zero attached hydrogens (tertiary/aromatic N) is 2. The highest BCUT2D eigenvalue weighted by Crippen LogP contribution is 2.22. The van der Waals surface area contributed by atoms with Gasteiger partial charge in [-0.25, -0.2) is 4.79 Å². The first-order valence-corrected chi connectivity index (χ1v) is 9.86. The van der Waals surface area contributed by atoms with Gasteiger partial charge in [0.1, 0.15) is 0 Å². The average molecular weight is 370 g/mol. The first-order chi connectivity index (χ1) is 13.0. The van der Waals surface area contributed by atoms with Gasteiger partial charge in [0.2, 0.25) is 0 Å². The number of carbonyl (C=O) groups is 1. The van der Waals surface area contributed by atoms with Crippen molar-refractivity contribution in [2.24, 2.45) is 7.05 Å². The zero-order valence-corrected chi connectivity index (χ0v) is 16.5. The molecule has 0 saturated carbocycles. The van der Waals surface area contributed by atoms with Gasteiger partial charge in [-0.2, -0.15) is 0 Å². The van der Waals surface area contributed by atoms with Gasteiger partial charge < -0.3 is 15.2 Å². The third kappa shape index (κ3) is 4.50. The summed E-state index contributed by atoms with van der Waals surface area (Å²) in [4.78, 5) is 27.1. The fraction of sp³-hybridized carbons (Fsp3) is 0.524. The smallest absolute Gasteiger partial charge is 0.319 e. The third-order valence-corrected chi connectivity index (χ3v) is 5.59. The van der Waals surface area contributed by atoms with Crippen molar-refractivity contribution in [1.82, 2.24) is 14.8 Å². The van der Waals surface area contributed by atoms with E-state index in [-0.39, 0.29) is 11.6 Å². The van der Waals surface area contributed by atoms with E-state index >= 15 is 0 Å². The van der Waals surface area contributed by atoms with Crippen LogP contribution in [0.25, 0.3) is 10.8 Å². The van der Waals surface area contributed by atoms with Crippen molar-refractivity contribution in [3.05, 3.63) is 40.8 Å². The number of amides is 2. The predicted octanol–water partition coefficient (Wildman–Crippen LogP) is 3.31. The van der Waals surface area contributed by atoms with Crippen molar-refractivity contribution in [2.75, 3.05) is 18.4 Å². The Morgan fingerprint density at radius 2 is 1.81 bits per heavy atom. The van der Waals surface area contributed by atoms with Gasteiger partial charge in [-0.1, -0.05) is 24.6 Å². The molecule has 2 atom stereocenters. The van der Waals surface area contributed by atoms with Crippen molar-refractivity contribution in [1.29, 1.82) is 0 Å². The van der Waals surface area contributed by atoms with Crippen molar-refractivity contribution < 1.29 is 4.79 Å². The van der Waals surface area contributed by atoms with E-state index in [1.54, 1.807) is 19.3 Å². The number of piperidine rings is 1. The Labute approximate surface area is 160 Å². The molecular formula is C21H30N4O2. The molecule has 2 amide bonds. The minimum Gasteiger partial charge on any atom is -0.338 e. The molecule has 1 aliphatic heterocycles. The van der Waals surface area contributed by atoms with Crippen LogP contribution >= 0.6 is 0 Å². The second-order valence-corrected chi connectivity index (χ2v) is 7.61. The summed E-state index contributed by atoms with van der Waals surface area (Å²) in [5.41, 5.74) is 0.574. The van der Waals surface area contributed by atoms with Gasteiger partial charge in [0.25, 0.3) is 5.56 Å². The zero-order chi connectivity index (χ0) is 19.4. The number of benzene rings is 1. The first-order valence-electron chi connectivity index (χ1n) is 9.86. The molecule has 1 aromatic carbocycles. The highest BCUT2D eigenvalue weighted by Gasteiger charge is 2.23.